The number of carbonyl (C=O) groups is 2. The van der Waals surface area contributed by atoms with Crippen LogP contribution < -0.4 is 11.1 Å². The van der Waals surface area contributed by atoms with Crippen LogP contribution in [0.4, 0.5) is 4.39 Å². The summed E-state index contributed by atoms with van der Waals surface area (Å²) >= 11 is 0. The van der Waals surface area contributed by atoms with E-state index in [0.29, 0.717) is 23.6 Å². The number of oxazole rings is 1. The van der Waals surface area contributed by atoms with Crippen molar-refractivity contribution in [3.63, 3.8) is 0 Å². The van der Waals surface area contributed by atoms with Crippen LogP contribution in [0.3, 0.4) is 0 Å². The van der Waals surface area contributed by atoms with E-state index in [-0.39, 0.29) is 24.6 Å². The SMILES string of the molecule is NC(=O)C(Cc1ccccc1)NC(=O)CCc1ncc(-c2ccc(F)cc2)o1. The van der Waals surface area contributed by atoms with Crippen LogP contribution in [-0.2, 0) is 22.4 Å². The number of halogens is 1. The summed E-state index contributed by atoms with van der Waals surface area (Å²) in [5.74, 6) is -0.365. The first-order chi connectivity index (χ1) is 13.5. The summed E-state index contributed by atoms with van der Waals surface area (Å²) in [4.78, 5) is 28.0. The first-order valence-corrected chi connectivity index (χ1v) is 8.84. The van der Waals surface area contributed by atoms with Crippen LogP contribution >= 0.6 is 0 Å². The molecule has 0 aliphatic rings. The second kappa shape index (κ2) is 8.94. The quantitative estimate of drug-likeness (QED) is 0.627. The molecule has 0 radical (unpaired) electrons. The van der Waals surface area contributed by atoms with Crippen molar-refractivity contribution in [2.24, 2.45) is 5.73 Å². The zero-order chi connectivity index (χ0) is 19.9. The van der Waals surface area contributed by atoms with Gasteiger partial charge in [-0.2, -0.15) is 0 Å². The maximum Gasteiger partial charge on any atom is 0.240 e. The van der Waals surface area contributed by atoms with Gasteiger partial charge in [-0.1, -0.05) is 30.3 Å². The monoisotopic (exact) mass is 381 g/mol. The number of hydrogen-bond donors (Lipinski definition) is 2. The Balaban J connectivity index is 1.54. The third-order valence-electron chi connectivity index (χ3n) is 4.21. The van der Waals surface area contributed by atoms with Gasteiger partial charge in [0, 0.05) is 24.8 Å². The van der Waals surface area contributed by atoms with E-state index in [0.717, 1.165) is 5.56 Å². The summed E-state index contributed by atoms with van der Waals surface area (Å²) in [7, 11) is 0. The third-order valence-corrected chi connectivity index (χ3v) is 4.21. The topological polar surface area (TPSA) is 98.2 Å². The number of benzene rings is 2. The molecule has 1 atom stereocenters. The molecule has 28 heavy (non-hydrogen) atoms. The molecule has 1 unspecified atom stereocenters. The highest BCUT2D eigenvalue weighted by Crippen LogP contribution is 2.21. The van der Waals surface area contributed by atoms with Crippen molar-refractivity contribution in [1.29, 1.82) is 0 Å². The lowest BCUT2D eigenvalue weighted by atomic mass is 10.1. The molecule has 3 N–H and O–H groups in total. The Hall–Kier alpha value is -3.48. The molecule has 2 amide bonds. The second-order valence-electron chi connectivity index (χ2n) is 6.34. The van der Waals surface area contributed by atoms with Gasteiger partial charge in [0.05, 0.1) is 6.20 Å². The Kier molecular flexibility index (Phi) is 6.16. The fourth-order valence-corrected chi connectivity index (χ4v) is 2.73. The number of nitrogens with two attached hydrogens (primary N) is 1. The summed E-state index contributed by atoms with van der Waals surface area (Å²) in [6.45, 7) is 0. The lowest BCUT2D eigenvalue weighted by Crippen LogP contribution is -2.45. The van der Waals surface area contributed by atoms with E-state index >= 15 is 0 Å². The van der Waals surface area contributed by atoms with Gasteiger partial charge in [0.2, 0.25) is 11.8 Å². The number of nitrogens with zero attached hydrogens (tertiary/aromatic N) is 1. The largest absolute Gasteiger partial charge is 0.441 e. The Morgan fingerprint density at radius 1 is 1.11 bits per heavy atom. The highest BCUT2D eigenvalue weighted by molar-refractivity contribution is 5.86. The normalized spacial score (nSPS) is 11.8. The summed E-state index contributed by atoms with van der Waals surface area (Å²) < 4.78 is 18.6. The van der Waals surface area contributed by atoms with Crippen molar-refractivity contribution in [2.45, 2.75) is 25.3 Å². The summed E-state index contributed by atoms with van der Waals surface area (Å²) in [6.07, 6.45) is 2.23. The molecule has 0 saturated heterocycles. The van der Waals surface area contributed by atoms with Crippen molar-refractivity contribution < 1.29 is 18.4 Å². The van der Waals surface area contributed by atoms with Crippen LogP contribution in [0.5, 0.6) is 0 Å². The average molecular weight is 381 g/mol. The van der Waals surface area contributed by atoms with Gasteiger partial charge in [-0.15, -0.1) is 0 Å². The van der Waals surface area contributed by atoms with Gasteiger partial charge in [0.25, 0.3) is 0 Å². The highest BCUT2D eigenvalue weighted by Gasteiger charge is 2.19. The number of hydrogen-bond acceptors (Lipinski definition) is 4. The molecule has 6 nitrogen and oxygen atoms in total. The maximum atomic E-state index is 13.0. The van der Waals surface area contributed by atoms with E-state index in [9.17, 15) is 14.0 Å². The Bertz CT molecular complexity index is 939. The summed E-state index contributed by atoms with van der Waals surface area (Å²) in [5.41, 5.74) is 7.01. The Morgan fingerprint density at radius 3 is 2.50 bits per heavy atom. The maximum absolute atomic E-state index is 13.0. The van der Waals surface area contributed by atoms with E-state index in [2.05, 4.69) is 10.3 Å². The average Bonchev–Trinajstić information content (AvgIpc) is 3.16. The van der Waals surface area contributed by atoms with Crippen LogP contribution in [0.1, 0.15) is 17.9 Å². The van der Waals surface area contributed by atoms with Gasteiger partial charge >= 0.3 is 0 Å². The molecule has 0 aliphatic heterocycles. The third kappa shape index (κ3) is 5.26. The number of aryl methyl sites for hydroxylation is 1. The molecular formula is C21H20FN3O3. The molecule has 2 aromatic carbocycles. The number of aromatic nitrogens is 1. The Labute approximate surface area is 161 Å². The number of rotatable bonds is 8. The zero-order valence-electron chi connectivity index (χ0n) is 15.1. The van der Waals surface area contributed by atoms with E-state index in [1.807, 2.05) is 30.3 Å². The molecule has 144 valence electrons. The van der Waals surface area contributed by atoms with E-state index in [1.165, 1.54) is 18.3 Å². The lowest BCUT2D eigenvalue weighted by Gasteiger charge is -2.15. The fraction of sp³-hybridized carbons (Fsp3) is 0.190. The molecule has 7 heteroatoms. The minimum absolute atomic E-state index is 0.0991. The van der Waals surface area contributed by atoms with Gasteiger partial charge in [-0.3, -0.25) is 9.59 Å². The van der Waals surface area contributed by atoms with Crippen molar-refractivity contribution >= 4 is 11.8 Å². The van der Waals surface area contributed by atoms with Gasteiger partial charge < -0.3 is 15.5 Å². The lowest BCUT2D eigenvalue weighted by molar-refractivity contribution is -0.127. The van der Waals surface area contributed by atoms with Crippen LogP contribution in [0, 0.1) is 5.82 Å². The van der Waals surface area contributed by atoms with Crippen LogP contribution in [-0.4, -0.2) is 22.8 Å². The molecule has 0 aliphatic carbocycles. The van der Waals surface area contributed by atoms with Gasteiger partial charge in [0.1, 0.15) is 11.9 Å². The molecular weight excluding hydrogens is 361 g/mol. The molecule has 1 aromatic heterocycles. The van der Waals surface area contributed by atoms with Crippen molar-refractivity contribution in [2.75, 3.05) is 0 Å². The predicted octanol–water partition coefficient (Wildman–Crippen LogP) is 2.63. The van der Waals surface area contributed by atoms with Crippen molar-refractivity contribution in [3.8, 4) is 11.3 Å². The zero-order valence-corrected chi connectivity index (χ0v) is 15.1. The number of nitrogens with one attached hydrogen (secondary N) is 1. The van der Waals surface area contributed by atoms with Gasteiger partial charge in [-0.05, 0) is 29.8 Å². The van der Waals surface area contributed by atoms with Crippen molar-refractivity contribution in [3.05, 3.63) is 78.1 Å². The van der Waals surface area contributed by atoms with Crippen LogP contribution in [0.15, 0.2) is 65.2 Å². The number of carbonyl (C=O) groups excluding carboxylic acids is 2. The summed E-state index contributed by atoms with van der Waals surface area (Å²) in [6, 6.07) is 14.4. The molecule has 0 bridgehead atoms. The first-order valence-electron chi connectivity index (χ1n) is 8.84. The van der Waals surface area contributed by atoms with E-state index < -0.39 is 11.9 Å². The standard InChI is InChI=1S/C21H20FN3O3/c22-16-8-6-15(7-9-16)18-13-24-20(28-18)11-10-19(26)25-17(21(23)27)12-14-4-2-1-3-5-14/h1-9,13,17H,10-12H2,(H2,23,27)(H,25,26). The molecule has 0 fully saturated rings. The fourth-order valence-electron chi connectivity index (χ4n) is 2.73. The highest BCUT2D eigenvalue weighted by atomic mass is 19.1. The van der Waals surface area contributed by atoms with Crippen LogP contribution in [0.2, 0.25) is 0 Å². The number of primary amides is 1. The van der Waals surface area contributed by atoms with Crippen molar-refractivity contribution in [1.82, 2.24) is 10.3 Å². The minimum atomic E-state index is -0.783. The van der Waals surface area contributed by atoms with Gasteiger partial charge in [-0.25, -0.2) is 9.37 Å². The molecule has 0 saturated carbocycles. The molecule has 3 aromatic rings. The molecule has 1 heterocycles. The summed E-state index contributed by atoms with van der Waals surface area (Å²) in [5, 5.41) is 2.66. The first kappa shape index (κ1) is 19.3. The van der Waals surface area contributed by atoms with Crippen LogP contribution in [0.25, 0.3) is 11.3 Å². The van der Waals surface area contributed by atoms with E-state index in [1.54, 1.807) is 12.1 Å². The Morgan fingerprint density at radius 2 is 1.82 bits per heavy atom. The minimum Gasteiger partial charge on any atom is -0.441 e. The van der Waals surface area contributed by atoms with Gasteiger partial charge in [0.15, 0.2) is 11.7 Å². The molecule has 0 spiro atoms. The second-order valence-corrected chi connectivity index (χ2v) is 6.34. The number of amides is 2. The smallest absolute Gasteiger partial charge is 0.240 e. The molecule has 3 rings (SSSR count). The van der Waals surface area contributed by atoms with E-state index in [4.69, 9.17) is 10.2 Å². The predicted molar refractivity (Wildman–Crippen MR) is 101 cm³/mol.